The molecule has 23 heavy (non-hydrogen) atoms. The van der Waals surface area contributed by atoms with Crippen LogP contribution in [0.5, 0.6) is 0 Å². The van der Waals surface area contributed by atoms with E-state index in [4.69, 9.17) is 0 Å². The van der Waals surface area contributed by atoms with Gasteiger partial charge in [0.1, 0.15) is 11.6 Å². The first-order chi connectivity index (χ1) is 10.9. The van der Waals surface area contributed by atoms with Crippen LogP contribution >= 0.6 is 0 Å². The van der Waals surface area contributed by atoms with Crippen molar-refractivity contribution in [3.8, 4) is 0 Å². The molecule has 0 unspecified atom stereocenters. The number of rotatable bonds is 9. The lowest BCUT2D eigenvalue weighted by Crippen LogP contribution is -2.07. The number of aliphatic hydroxyl groups excluding tert-OH is 1. The van der Waals surface area contributed by atoms with E-state index in [-0.39, 0.29) is 35.1 Å². The van der Waals surface area contributed by atoms with Gasteiger partial charge in [0.05, 0.1) is 17.6 Å². The Balaban J connectivity index is 5.41. The third-order valence-electron chi connectivity index (χ3n) is 3.47. The Morgan fingerprint density at radius 2 is 1.91 bits per heavy atom. The lowest BCUT2D eigenvalue weighted by molar-refractivity contribution is -0.113. The molecule has 0 bridgehead atoms. The van der Waals surface area contributed by atoms with Crippen molar-refractivity contribution in [1.29, 1.82) is 0 Å². The molecule has 0 amide bonds. The molecule has 0 aliphatic carbocycles. The van der Waals surface area contributed by atoms with Gasteiger partial charge in [-0.15, -0.1) is 0 Å². The lowest BCUT2D eigenvalue weighted by atomic mass is 9.96. The van der Waals surface area contributed by atoms with Crippen LogP contribution < -0.4 is 0 Å². The summed E-state index contributed by atoms with van der Waals surface area (Å²) in [6.45, 7) is 7.01. The molecular formula is C18H25F2NO2. The Bertz CT molecular complexity index is 539. The number of Topliss-reactive ketones (excluding diaryl/α,β-unsaturated/α-hetero) is 1. The maximum Gasteiger partial charge on any atom is 0.164 e. The van der Waals surface area contributed by atoms with Crippen LogP contribution in [0.25, 0.3) is 0 Å². The molecule has 0 atom stereocenters. The molecule has 0 aromatic heterocycles. The molecular weight excluding hydrogens is 300 g/mol. The molecule has 0 saturated carbocycles. The number of nitrogens with zero attached hydrogens (tertiary/aromatic N) is 1. The summed E-state index contributed by atoms with van der Waals surface area (Å²) in [5.41, 5.74) is 0.320. The van der Waals surface area contributed by atoms with Crippen molar-refractivity contribution in [3.63, 3.8) is 0 Å². The summed E-state index contributed by atoms with van der Waals surface area (Å²) in [6, 6.07) is 0. The molecule has 0 radical (unpaired) electrons. The Morgan fingerprint density at radius 1 is 1.30 bits per heavy atom. The number of hydrogen-bond donors (Lipinski definition) is 1. The highest BCUT2D eigenvalue weighted by atomic mass is 19.1. The van der Waals surface area contributed by atoms with Gasteiger partial charge in [-0.1, -0.05) is 32.8 Å². The van der Waals surface area contributed by atoms with Gasteiger partial charge in [0.25, 0.3) is 0 Å². The summed E-state index contributed by atoms with van der Waals surface area (Å²) in [5, 5.41) is 10.2. The SMILES string of the molecule is C\C=C(/C=C(F)\C=C\F)N=CC(C(C)=O)=C(O)CC(CC)CC. The van der Waals surface area contributed by atoms with Gasteiger partial charge >= 0.3 is 0 Å². The van der Waals surface area contributed by atoms with Crippen LogP contribution in [0, 0.1) is 5.92 Å². The van der Waals surface area contributed by atoms with Crippen LogP contribution in [0.1, 0.15) is 47.0 Å². The minimum Gasteiger partial charge on any atom is -0.511 e. The Labute approximate surface area is 136 Å². The van der Waals surface area contributed by atoms with Gasteiger partial charge in [-0.05, 0) is 25.8 Å². The van der Waals surface area contributed by atoms with Crippen molar-refractivity contribution in [2.75, 3.05) is 0 Å². The van der Waals surface area contributed by atoms with Gasteiger partial charge in [0.2, 0.25) is 0 Å². The summed E-state index contributed by atoms with van der Waals surface area (Å²) in [7, 11) is 0. The fourth-order valence-corrected chi connectivity index (χ4v) is 1.91. The summed E-state index contributed by atoms with van der Waals surface area (Å²) in [5.74, 6) is -0.849. The Kier molecular flexibility index (Phi) is 10.5. The first kappa shape index (κ1) is 21.0. The molecule has 0 aliphatic heterocycles. The maximum atomic E-state index is 13.2. The van der Waals surface area contributed by atoms with Gasteiger partial charge in [0.15, 0.2) is 5.78 Å². The number of carbonyl (C=O) groups excluding carboxylic acids is 1. The number of halogens is 2. The predicted molar refractivity (Wildman–Crippen MR) is 90.7 cm³/mol. The molecule has 5 heteroatoms. The normalized spacial score (nSPS) is 14.9. The van der Waals surface area contributed by atoms with E-state index in [1.165, 1.54) is 19.2 Å². The summed E-state index contributed by atoms with van der Waals surface area (Å²) >= 11 is 0. The average molecular weight is 325 g/mol. The molecule has 0 spiro atoms. The fraction of sp³-hybridized carbons (Fsp3) is 0.444. The van der Waals surface area contributed by atoms with Crippen LogP contribution in [0.4, 0.5) is 8.78 Å². The largest absolute Gasteiger partial charge is 0.511 e. The number of allylic oxidation sites excluding steroid dienone is 6. The number of ketones is 1. The zero-order valence-electron chi connectivity index (χ0n) is 14.1. The Morgan fingerprint density at radius 3 is 2.35 bits per heavy atom. The van der Waals surface area contributed by atoms with E-state index in [0.29, 0.717) is 12.5 Å². The topological polar surface area (TPSA) is 49.7 Å². The van der Waals surface area contributed by atoms with E-state index in [0.717, 1.165) is 18.9 Å². The quantitative estimate of drug-likeness (QED) is 0.262. The van der Waals surface area contributed by atoms with E-state index < -0.39 is 5.83 Å². The lowest BCUT2D eigenvalue weighted by Gasteiger charge is -2.12. The summed E-state index contributed by atoms with van der Waals surface area (Å²) < 4.78 is 25.1. The molecule has 3 nitrogen and oxygen atoms in total. The second-order valence-corrected chi connectivity index (χ2v) is 5.10. The van der Waals surface area contributed by atoms with Gasteiger partial charge in [-0.2, -0.15) is 0 Å². The molecule has 0 aliphatic rings. The van der Waals surface area contributed by atoms with E-state index in [1.54, 1.807) is 6.92 Å². The first-order valence-electron chi connectivity index (χ1n) is 7.66. The van der Waals surface area contributed by atoms with Crippen molar-refractivity contribution >= 4 is 12.0 Å². The van der Waals surface area contributed by atoms with Crippen LogP contribution in [0.2, 0.25) is 0 Å². The zero-order chi connectivity index (χ0) is 17.8. The monoisotopic (exact) mass is 325 g/mol. The van der Waals surface area contributed by atoms with E-state index in [9.17, 15) is 18.7 Å². The number of aliphatic imine (C=N–C) groups is 1. The fourth-order valence-electron chi connectivity index (χ4n) is 1.91. The standard InChI is InChI=1S/C18H25F2NO2/c1-5-14(6-2)10-18(23)17(13(4)22)12-21-16(7-3)11-15(20)8-9-19/h7-9,11-12,14,23H,5-6,10H2,1-4H3/b9-8+,15-11+,16-7+,18-17?,21-12?. The van der Waals surface area contributed by atoms with E-state index in [1.807, 2.05) is 13.8 Å². The van der Waals surface area contributed by atoms with Crippen LogP contribution in [0.3, 0.4) is 0 Å². The maximum absolute atomic E-state index is 13.2. The van der Waals surface area contributed by atoms with Gasteiger partial charge in [0, 0.05) is 18.7 Å². The van der Waals surface area contributed by atoms with Crippen LogP contribution in [0.15, 0.2) is 52.4 Å². The predicted octanol–water partition coefficient (Wildman–Crippen LogP) is 5.53. The molecule has 0 saturated heterocycles. The van der Waals surface area contributed by atoms with Crippen molar-refractivity contribution in [2.45, 2.75) is 47.0 Å². The Hall–Kier alpha value is -2.04. The third-order valence-corrected chi connectivity index (χ3v) is 3.47. The summed E-state index contributed by atoms with van der Waals surface area (Å²) in [4.78, 5) is 15.7. The molecule has 0 fully saturated rings. The molecule has 0 aromatic carbocycles. The van der Waals surface area contributed by atoms with E-state index in [2.05, 4.69) is 4.99 Å². The minimum atomic E-state index is -0.799. The minimum absolute atomic E-state index is 0.0153. The highest BCUT2D eigenvalue weighted by molar-refractivity contribution is 6.12. The average Bonchev–Trinajstić information content (AvgIpc) is 2.51. The molecule has 1 N–H and O–H groups in total. The van der Waals surface area contributed by atoms with Crippen LogP contribution in [-0.2, 0) is 4.79 Å². The molecule has 0 aromatic rings. The van der Waals surface area contributed by atoms with Crippen molar-refractivity contribution < 1.29 is 18.7 Å². The van der Waals surface area contributed by atoms with Crippen molar-refractivity contribution in [3.05, 3.63) is 47.4 Å². The molecule has 0 rings (SSSR count). The van der Waals surface area contributed by atoms with Crippen molar-refractivity contribution in [1.82, 2.24) is 0 Å². The summed E-state index contributed by atoms with van der Waals surface area (Å²) in [6.07, 6.45) is 6.70. The molecule has 128 valence electrons. The zero-order valence-corrected chi connectivity index (χ0v) is 14.1. The second-order valence-electron chi connectivity index (χ2n) is 5.10. The van der Waals surface area contributed by atoms with E-state index >= 15 is 0 Å². The first-order valence-corrected chi connectivity index (χ1v) is 7.66. The number of hydrogen-bond acceptors (Lipinski definition) is 3. The highest BCUT2D eigenvalue weighted by Crippen LogP contribution is 2.19. The third kappa shape index (κ3) is 8.24. The van der Waals surface area contributed by atoms with Crippen molar-refractivity contribution in [2.24, 2.45) is 10.9 Å². The second kappa shape index (κ2) is 11.5. The smallest absolute Gasteiger partial charge is 0.164 e. The van der Waals surface area contributed by atoms with Gasteiger partial charge < -0.3 is 5.11 Å². The highest BCUT2D eigenvalue weighted by Gasteiger charge is 2.13. The van der Waals surface area contributed by atoms with Crippen LogP contribution in [-0.4, -0.2) is 17.1 Å². The van der Waals surface area contributed by atoms with Gasteiger partial charge in [-0.3, -0.25) is 9.79 Å². The number of aliphatic hydroxyl groups is 1. The van der Waals surface area contributed by atoms with Gasteiger partial charge in [-0.25, -0.2) is 8.78 Å². The number of carbonyl (C=O) groups is 1. The molecule has 0 heterocycles.